The van der Waals surface area contributed by atoms with Crippen molar-refractivity contribution >= 4 is 17.7 Å². The zero-order valence-electron chi connectivity index (χ0n) is 21.9. The number of hydrogen-bond acceptors (Lipinski definition) is 5. The molecule has 0 aliphatic carbocycles. The van der Waals surface area contributed by atoms with E-state index in [9.17, 15) is 19.5 Å². The molecular weight excluding hydrogens is 482 g/mol. The summed E-state index contributed by atoms with van der Waals surface area (Å²) in [5, 5.41) is 13.3. The number of β-amino-alcohol motifs (C(OH)–C–C–N with tert-alkyl or cyclic N) is 1. The van der Waals surface area contributed by atoms with Crippen LogP contribution in [0, 0.1) is 5.92 Å². The Kier molecular flexibility index (Phi) is 7.03. The molecule has 2 aromatic carbocycles. The molecule has 2 aliphatic heterocycles. The molecule has 9 nitrogen and oxygen atoms in total. The largest absolute Gasteiger partial charge is 0.391 e. The predicted molar refractivity (Wildman–Crippen MR) is 142 cm³/mol. The minimum Gasteiger partial charge on any atom is -0.391 e. The van der Waals surface area contributed by atoms with E-state index >= 15 is 0 Å². The normalized spacial score (nSPS) is 19.7. The molecule has 2 aliphatic rings. The van der Waals surface area contributed by atoms with Gasteiger partial charge < -0.3 is 24.8 Å². The number of aryl methyl sites for hydroxylation is 1. The molecule has 0 spiro atoms. The van der Waals surface area contributed by atoms with Gasteiger partial charge in [-0.1, -0.05) is 56.3 Å². The molecule has 1 fully saturated rings. The molecule has 2 N–H and O–H groups in total. The first kappa shape index (κ1) is 25.7. The van der Waals surface area contributed by atoms with Crippen molar-refractivity contribution in [1.82, 2.24) is 24.7 Å². The molecule has 0 radical (unpaired) electrons. The summed E-state index contributed by atoms with van der Waals surface area (Å²) in [6, 6.07) is 13.7. The molecule has 3 heterocycles. The molecule has 1 aromatic heterocycles. The molecule has 3 amide bonds. The highest BCUT2D eigenvalue weighted by atomic mass is 16.3. The zero-order chi connectivity index (χ0) is 27.0. The number of nitrogens with zero attached hydrogens (tertiary/aromatic N) is 4. The number of benzene rings is 2. The van der Waals surface area contributed by atoms with E-state index in [1.54, 1.807) is 23.5 Å². The minimum absolute atomic E-state index is 0.0640. The smallest absolute Gasteiger partial charge is 0.255 e. The predicted octanol–water partition coefficient (Wildman–Crippen LogP) is 2.35. The third kappa shape index (κ3) is 4.81. The van der Waals surface area contributed by atoms with Crippen LogP contribution < -0.4 is 5.32 Å². The molecule has 38 heavy (non-hydrogen) atoms. The number of likely N-dealkylation sites (tertiary alicyclic amines) is 1. The van der Waals surface area contributed by atoms with Gasteiger partial charge in [-0.25, -0.2) is 4.98 Å². The van der Waals surface area contributed by atoms with Crippen molar-refractivity contribution in [3.05, 3.63) is 77.7 Å². The van der Waals surface area contributed by atoms with Gasteiger partial charge in [0.2, 0.25) is 11.8 Å². The summed E-state index contributed by atoms with van der Waals surface area (Å²) < 4.78 is 1.94. The van der Waals surface area contributed by atoms with Crippen molar-refractivity contribution in [2.24, 2.45) is 13.0 Å². The minimum atomic E-state index is -0.799. The first-order valence-electron chi connectivity index (χ1n) is 13.0. The Balaban J connectivity index is 1.27. The summed E-state index contributed by atoms with van der Waals surface area (Å²) in [5.74, 6) is -0.967. The highest BCUT2D eigenvalue weighted by molar-refractivity contribution is 6.01. The van der Waals surface area contributed by atoms with Crippen molar-refractivity contribution in [2.45, 2.75) is 51.5 Å². The molecule has 0 unspecified atom stereocenters. The third-order valence-corrected chi connectivity index (χ3v) is 7.47. The van der Waals surface area contributed by atoms with Crippen molar-refractivity contribution in [1.29, 1.82) is 0 Å². The van der Waals surface area contributed by atoms with Gasteiger partial charge in [0.1, 0.15) is 12.1 Å². The van der Waals surface area contributed by atoms with E-state index in [-0.39, 0.29) is 36.6 Å². The molecule has 3 atom stereocenters. The Morgan fingerprint density at radius 3 is 2.53 bits per heavy atom. The fourth-order valence-corrected chi connectivity index (χ4v) is 5.49. The average Bonchev–Trinajstić information content (AvgIpc) is 3.60. The lowest BCUT2D eigenvalue weighted by atomic mass is 10.0. The van der Waals surface area contributed by atoms with Gasteiger partial charge in [-0.2, -0.15) is 0 Å². The quantitative estimate of drug-likeness (QED) is 0.502. The number of nitrogens with one attached hydrogen (secondary N) is 1. The van der Waals surface area contributed by atoms with Crippen LogP contribution in [0.5, 0.6) is 0 Å². The van der Waals surface area contributed by atoms with Crippen LogP contribution >= 0.6 is 0 Å². The van der Waals surface area contributed by atoms with Gasteiger partial charge >= 0.3 is 0 Å². The molecule has 5 rings (SSSR count). The van der Waals surface area contributed by atoms with Gasteiger partial charge in [-0.05, 0) is 28.7 Å². The van der Waals surface area contributed by atoms with Crippen molar-refractivity contribution in [3.63, 3.8) is 0 Å². The topological polar surface area (TPSA) is 108 Å². The second-order valence-electron chi connectivity index (χ2n) is 10.5. The van der Waals surface area contributed by atoms with Crippen LogP contribution in [-0.4, -0.2) is 66.9 Å². The number of aliphatic hydroxyl groups is 1. The number of hydrogen-bond donors (Lipinski definition) is 2. The number of aliphatic hydroxyl groups excluding tert-OH is 1. The molecule has 1 saturated heterocycles. The number of carbonyl (C=O) groups is 3. The van der Waals surface area contributed by atoms with E-state index in [0.29, 0.717) is 18.7 Å². The molecule has 0 bridgehead atoms. The molecule has 198 valence electrons. The lowest BCUT2D eigenvalue weighted by Gasteiger charge is -2.35. The maximum Gasteiger partial charge on any atom is 0.255 e. The number of rotatable bonds is 7. The zero-order valence-corrected chi connectivity index (χ0v) is 21.9. The summed E-state index contributed by atoms with van der Waals surface area (Å²) in [6.45, 7) is 4.51. The standard InChI is InChI=1S/C29H33N5O4/c1-18(2)26(34-15-21-6-4-5-7-23(21)28(34)37)29(38)33-16-22(35)12-24(33)27(36)31-13-19-8-10-20(11-9-19)25-14-30-17-32(25)3/h4-11,14,17-18,22,24,26,35H,12-13,15-16H2,1-3H3,(H,31,36)/t22-,24+,26+/m1/s1. The van der Waals surface area contributed by atoms with Gasteiger partial charge in [0.15, 0.2) is 0 Å². The van der Waals surface area contributed by atoms with E-state index < -0.39 is 18.2 Å². The van der Waals surface area contributed by atoms with Crippen molar-refractivity contribution < 1.29 is 19.5 Å². The third-order valence-electron chi connectivity index (χ3n) is 7.47. The van der Waals surface area contributed by atoms with Gasteiger partial charge in [-0.15, -0.1) is 0 Å². The molecular formula is C29H33N5O4. The molecule has 9 heteroatoms. The van der Waals surface area contributed by atoms with E-state index in [0.717, 1.165) is 22.4 Å². The molecule has 3 aromatic rings. The number of fused-ring (bicyclic) bond motifs is 1. The summed E-state index contributed by atoms with van der Waals surface area (Å²) in [6.07, 6.45) is 2.91. The van der Waals surface area contributed by atoms with Crippen LogP contribution in [-0.2, 0) is 29.7 Å². The van der Waals surface area contributed by atoms with Crippen molar-refractivity contribution in [2.75, 3.05) is 6.54 Å². The van der Waals surface area contributed by atoms with E-state index in [2.05, 4.69) is 10.3 Å². The summed E-state index contributed by atoms with van der Waals surface area (Å²) >= 11 is 0. The maximum absolute atomic E-state index is 13.8. The van der Waals surface area contributed by atoms with Gasteiger partial charge in [0.05, 0.1) is 24.3 Å². The number of amides is 3. The number of aromatic nitrogens is 2. The van der Waals surface area contributed by atoms with E-state index in [1.807, 2.05) is 67.9 Å². The number of imidazole rings is 1. The highest BCUT2D eigenvalue weighted by Gasteiger charge is 2.45. The van der Waals surface area contributed by atoms with Crippen LogP contribution in [0.3, 0.4) is 0 Å². The first-order chi connectivity index (χ1) is 18.2. The van der Waals surface area contributed by atoms with Crippen LogP contribution in [0.2, 0.25) is 0 Å². The summed E-state index contributed by atoms with van der Waals surface area (Å²) in [4.78, 5) is 47.4. The van der Waals surface area contributed by atoms with E-state index in [1.165, 1.54) is 4.90 Å². The summed E-state index contributed by atoms with van der Waals surface area (Å²) in [5.41, 5.74) is 4.43. The van der Waals surface area contributed by atoms with Gasteiger partial charge in [0.25, 0.3) is 5.91 Å². The Labute approximate surface area is 222 Å². The fourth-order valence-electron chi connectivity index (χ4n) is 5.49. The Morgan fingerprint density at radius 2 is 1.87 bits per heavy atom. The SMILES string of the molecule is CC(C)[C@@H](C(=O)N1C[C@H](O)C[C@H]1C(=O)NCc1ccc(-c2cncn2C)cc1)N1Cc2ccccc2C1=O. The maximum atomic E-state index is 13.8. The average molecular weight is 516 g/mol. The lowest BCUT2D eigenvalue weighted by molar-refractivity contribution is -0.143. The fraction of sp³-hybridized carbons (Fsp3) is 0.379. The number of carbonyl (C=O) groups excluding carboxylic acids is 3. The first-order valence-corrected chi connectivity index (χ1v) is 13.0. The second-order valence-corrected chi connectivity index (χ2v) is 10.5. The van der Waals surface area contributed by atoms with Crippen LogP contribution in [0.15, 0.2) is 61.1 Å². The van der Waals surface area contributed by atoms with Crippen LogP contribution in [0.1, 0.15) is 41.8 Å². The van der Waals surface area contributed by atoms with Gasteiger partial charge in [-0.3, -0.25) is 14.4 Å². The Bertz CT molecular complexity index is 1350. The molecule has 0 saturated carbocycles. The van der Waals surface area contributed by atoms with Crippen LogP contribution in [0.4, 0.5) is 0 Å². The van der Waals surface area contributed by atoms with E-state index in [4.69, 9.17) is 0 Å². The van der Waals surface area contributed by atoms with Crippen molar-refractivity contribution in [3.8, 4) is 11.3 Å². The van der Waals surface area contributed by atoms with Crippen LogP contribution in [0.25, 0.3) is 11.3 Å². The highest BCUT2D eigenvalue weighted by Crippen LogP contribution is 2.30. The summed E-state index contributed by atoms with van der Waals surface area (Å²) in [7, 11) is 1.93. The lowest BCUT2D eigenvalue weighted by Crippen LogP contribution is -2.55. The Hall–Kier alpha value is -3.98. The Morgan fingerprint density at radius 1 is 1.13 bits per heavy atom. The second kappa shape index (κ2) is 10.4. The monoisotopic (exact) mass is 515 g/mol. The van der Waals surface area contributed by atoms with Gasteiger partial charge in [0, 0.05) is 38.7 Å².